The predicted octanol–water partition coefficient (Wildman–Crippen LogP) is 1.92. The van der Waals surface area contributed by atoms with E-state index >= 15 is 0 Å². The van der Waals surface area contributed by atoms with Crippen LogP contribution in [-0.4, -0.2) is 19.7 Å². The Morgan fingerprint density at radius 1 is 1.57 bits per heavy atom. The summed E-state index contributed by atoms with van der Waals surface area (Å²) in [6.45, 7) is 4.71. The van der Waals surface area contributed by atoms with Crippen molar-refractivity contribution in [3.05, 3.63) is 0 Å². The van der Waals surface area contributed by atoms with Gasteiger partial charge < -0.3 is 10.1 Å². The minimum Gasteiger partial charge on any atom is -0.453 e. The van der Waals surface area contributed by atoms with Crippen LogP contribution in [0.1, 0.15) is 26.7 Å². The number of ether oxygens (including phenoxy) is 1. The molecule has 14 heavy (non-hydrogen) atoms. The SMILES string of the molecule is COC(=O)NC[C@H](CC#N)CC(C)C. The quantitative estimate of drug-likeness (QED) is 0.734. The van der Waals surface area contributed by atoms with Crippen molar-refractivity contribution in [1.82, 2.24) is 5.32 Å². The molecular formula is C10H18N2O2. The second kappa shape index (κ2) is 7.19. The molecule has 0 rings (SSSR count). The zero-order valence-corrected chi connectivity index (χ0v) is 9.04. The van der Waals surface area contributed by atoms with Crippen LogP contribution in [0.2, 0.25) is 0 Å². The number of hydrogen-bond donors (Lipinski definition) is 1. The Bertz CT molecular complexity index is 209. The van der Waals surface area contributed by atoms with Gasteiger partial charge in [-0.25, -0.2) is 4.79 Å². The highest BCUT2D eigenvalue weighted by Crippen LogP contribution is 2.13. The Kier molecular flexibility index (Phi) is 6.55. The van der Waals surface area contributed by atoms with Crippen molar-refractivity contribution in [3.8, 4) is 6.07 Å². The Hall–Kier alpha value is -1.24. The number of carbonyl (C=O) groups is 1. The maximum Gasteiger partial charge on any atom is 0.406 e. The number of nitrogens with zero attached hydrogens (tertiary/aromatic N) is 1. The zero-order valence-electron chi connectivity index (χ0n) is 9.04. The summed E-state index contributed by atoms with van der Waals surface area (Å²) in [5, 5.41) is 11.2. The van der Waals surface area contributed by atoms with E-state index in [1.54, 1.807) is 0 Å². The lowest BCUT2D eigenvalue weighted by atomic mass is 9.95. The van der Waals surface area contributed by atoms with E-state index in [-0.39, 0.29) is 5.92 Å². The Morgan fingerprint density at radius 3 is 2.64 bits per heavy atom. The highest BCUT2D eigenvalue weighted by Gasteiger charge is 2.11. The molecule has 0 bridgehead atoms. The lowest BCUT2D eigenvalue weighted by molar-refractivity contribution is 0.168. The molecule has 0 aromatic carbocycles. The highest BCUT2D eigenvalue weighted by atomic mass is 16.5. The number of amides is 1. The molecule has 0 fully saturated rings. The number of methoxy groups -OCH3 is 1. The predicted molar refractivity (Wildman–Crippen MR) is 53.6 cm³/mol. The fraction of sp³-hybridized carbons (Fsp3) is 0.800. The van der Waals surface area contributed by atoms with Gasteiger partial charge in [0.25, 0.3) is 0 Å². The van der Waals surface area contributed by atoms with Crippen LogP contribution in [0.15, 0.2) is 0 Å². The van der Waals surface area contributed by atoms with Crippen LogP contribution in [0.25, 0.3) is 0 Å². The standard InChI is InChI=1S/C10H18N2O2/c1-8(2)6-9(4-5-11)7-12-10(13)14-3/h8-9H,4,6-7H2,1-3H3,(H,12,13)/t9-/m1/s1. The van der Waals surface area contributed by atoms with Gasteiger partial charge in [-0.15, -0.1) is 0 Å². The van der Waals surface area contributed by atoms with Gasteiger partial charge in [-0.05, 0) is 18.3 Å². The molecule has 0 saturated heterocycles. The van der Waals surface area contributed by atoms with E-state index in [0.29, 0.717) is 18.9 Å². The average molecular weight is 198 g/mol. The highest BCUT2D eigenvalue weighted by molar-refractivity contribution is 5.66. The maximum atomic E-state index is 10.8. The van der Waals surface area contributed by atoms with Gasteiger partial charge in [-0.1, -0.05) is 13.8 Å². The first kappa shape index (κ1) is 12.8. The van der Waals surface area contributed by atoms with E-state index in [1.165, 1.54) is 7.11 Å². The second-order valence-corrected chi connectivity index (χ2v) is 3.73. The summed E-state index contributed by atoms with van der Waals surface area (Å²) in [6, 6.07) is 2.12. The Labute approximate surface area is 85.2 Å². The number of hydrogen-bond acceptors (Lipinski definition) is 3. The van der Waals surface area contributed by atoms with Crippen molar-refractivity contribution in [3.63, 3.8) is 0 Å². The third kappa shape index (κ3) is 6.30. The first-order valence-electron chi connectivity index (χ1n) is 4.78. The molecule has 4 heteroatoms. The molecule has 1 amide bonds. The summed E-state index contributed by atoms with van der Waals surface area (Å²) in [5.41, 5.74) is 0. The molecule has 1 atom stereocenters. The van der Waals surface area contributed by atoms with E-state index in [1.807, 2.05) is 0 Å². The van der Waals surface area contributed by atoms with Crippen molar-refractivity contribution in [2.75, 3.05) is 13.7 Å². The minimum absolute atomic E-state index is 0.221. The third-order valence-corrected chi connectivity index (χ3v) is 1.91. The third-order valence-electron chi connectivity index (χ3n) is 1.91. The van der Waals surface area contributed by atoms with E-state index in [4.69, 9.17) is 5.26 Å². The maximum absolute atomic E-state index is 10.8. The van der Waals surface area contributed by atoms with E-state index in [9.17, 15) is 4.79 Å². The molecule has 4 nitrogen and oxygen atoms in total. The molecule has 0 aromatic heterocycles. The Morgan fingerprint density at radius 2 is 2.21 bits per heavy atom. The number of nitrogens with one attached hydrogen (secondary N) is 1. The van der Waals surface area contributed by atoms with Gasteiger partial charge >= 0.3 is 6.09 Å². The summed E-state index contributed by atoms with van der Waals surface area (Å²) in [4.78, 5) is 10.8. The first-order valence-corrected chi connectivity index (χ1v) is 4.78. The number of alkyl carbamates (subject to hydrolysis) is 1. The summed E-state index contributed by atoms with van der Waals surface area (Å²) in [6.07, 6.45) is 0.983. The van der Waals surface area contributed by atoms with Crippen LogP contribution in [0, 0.1) is 23.2 Å². The van der Waals surface area contributed by atoms with E-state index < -0.39 is 6.09 Å². The summed E-state index contributed by atoms with van der Waals surface area (Å²) in [5.74, 6) is 0.756. The lowest BCUT2D eigenvalue weighted by Crippen LogP contribution is -2.29. The summed E-state index contributed by atoms with van der Waals surface area (Å²) in [7, 11) is 1.33. The lowest BCUT2D eigenvalue weighted by Gasteiger charge is -2.15. The Balaban J connectivity index is 3.85. The molecule has 0 unspecified atom stereocenters. The van der Waals surface area contributed by atoms with Gasteiger partial charge in [0.2, 0.25) is 0 Å². The fourth-order valence-corrected chi connectivity index (χ4v) is 1.33. The van der Waals surface area contributed by atoms with Crippen LogP contribution in [0.4, 0.5) is 4.79 Å². The summed E-state index contributed by atoms with van der Waals surface area (Å²) < 4.78 is 4.45. The van der Waals surface area contributed by atoms with E-state index in [2.05, 4.69) is 30.0 Å². The molecule has 0 aliphatic carbocycles. The van der Waals surface area contributed by atoms with Crippen molar-refractivity contribution < 1.29 is 9.53 Å². The zero-order chi connectivity index (χ0) is 11.0. The fourth-order valence-electron chi connectivity index (χ4n) is 1.33. The molecular weight excluding hydrogens is 180 g/mol. The molecule has 80 valence electrons. The van der Waals surface area contributed by atoms with Gasteiger partial charge in [-0.3, -0.25) is 0 Å². The normalized spacial score (nSPS) is 11.9. The van der Waals surface area contributed by atoms with Gasteiger partial charge in [0.05, 0.1) is 13.2 Å². The van der Waals surface area contributed by atoms with Gasteiger partial charge in [-0.2, -0.15) is 5.26 Å². The van der Waals surface area contributed by atoms with Crippen molar-refractivity contribution in [2.45, 2.75) is 26.7 Å². The molecule has 0 spiro atoms. The molecule has 0 radical (unpaired) electrons. The molecule has 0 aromatic rings. The van der Waals surface area contributed by atoms with Gasteiger partial charge in [0.15, 0.2) is 0 Å². The summed E-state index contributed by atoms with van der Waals surface area (Å²) >= 11 is 0. The van der Waals surface area contributed by atoms with Crippen molar-refractivity contribution in [2.24, 2.45) is 11.8 Å². The van der Waals surface area contributed by atoms with Crippen LogP contribution >= 0.6 is 0 Å². The van der Waals surface area contributed by atoms with Crippen molar-refractivity contribution in [1.29, 1.82) is 5.26 Å². The van der Waals surface area contributed by atoms with Crippen LogP contribution in [0.3, 0.4) is 0 Å². The van der Waals surface area contributed by atoms with Crippen LogP contribution in [-0.2, 0) is 4.74 Å². The number of rotatable bonds is 5. The minimum atomic E-state index is -0.434. The molecule has 1 N–H and O–H groups in total. The van der Waals surface area contributed by atoms with Gasteiger partial charge in [0.1, 0.15) is 0 Å². The van der Waals surface area contributed by atoms with Crippen LogP contribution < -0.4 is 5.32 Å². The smallest absolute Gasteiger partial charge is 0.406 e. The van der Waals surface area contributed by atoms with E-state index in [0.717, 1.165) is 6.42 Å². The molecule has 0 heterocycles. The topological polar surface area (TPSA) is 62.1 Å². The van der Waals surface area contributed by atoms with Gasteiger partial charge in [0, 0.05) is 13.0 Å². The largest absolute Gasteiger partial charge is 0.453 e. The second-order valence-electron chi connectivity index (χ2n) is 3.73. The number of carbonyl (C=O) groups excluding carboxylic acids is 1. The molecule has 0 saturated carbocycles. The molecule has 0 aliphatic rings. The number of nitriles is 1. The van der Waals surface area contributed by atoms with Crippen molar-refractivity contribution >= 4 is 6.09 Å². The first-order chi connectivity index (χ1) is 6.60. The van der Waals surface area contributed by atoms with Crippen LogP contribution in [0.5, 0.6) is 0 Å². The average Bonchev–Trinajstić information content (AvgIpc) is 2.13. The molecule has 0 aliphatic heterocycles. The monoisotopic (exact) mass is 198 g/mol.